The van der Waals surface area contributed by atoms with Crippen molar-refractivity contribution in [1.82, 2.24) is 20.1 Å². The van der Waals surface area contributed by atoms with Crippen LogP contribution in [-0.2, 0) is 7.05 Å². The second-order valence-electron chi connectivity index (χ2n) is 4.61. The Labute approximate surface area is 106 Å². The average Bonchev–Trinajstić information content (AvgIpc) is 2.99. The van der Waals surface area contributed by atoms with Crippen molar-refractivity contribution in [3.8, 4) is 11.6 Å². The van der Waals surface area contributed by atoms with Gasteiger partial charge in [0.1, 0.15) is 0 Å². The Morgan fingerprint density at radius 2 is 2.33 bits per heavy atom. The number of anilines is 1. The van der Waals surface area contributed by atoms with Crippen LogP contribution in [0.5, 0.6) is 0 Å². The summed E-state index contributed by atoms with van der Waals surface area (Å²) in [5.41, 5.74) is 0. The highest BCUT2D eigenvalue weighted by Crippen LogP contribution is 2.23. The zero-order chi connectivity index (χ0) is 12.5. The summed E-state index contributed by atoms with van der Waals surface area (Å²) in [5, 5.41) is 11.9. The molecule has 0 amide bonds. The first-order valence-corrected chi connectivity index (χ1v) is 6.18. The number of nitrogens with one attached hydrogen (secondary N) is 1. The number of nitrogens with zero attached hydrogens (tertiary/aromatic N) is 4. The molecule has 0 aliphatic carbocycles. The van der Waals surface area contributed by atoms with Crippen molar-refractivity contribution >= 4 is 5.95 Å². The Balaban J connectivity index is 1.94. The molecule has 1 atom stereocenters. The van der Waals surface area contributed by atoms with Crippen LogP contribution < -0.4 is 10.2 Å². The van der Waals surface area contributed by atoms with Crippen molar-refractivity contribution < 1.29 is 4.42 Å². The zero-order valence-electron chi connectivity index (χ0n) is 10.6. The van der Waals surface area contributed by atoms with Gasteiger partial charge in [-0.15, -0.1) is 10.2 Å². The normalized spacial score (nSPS) is 20.3. The Bertz CT molecular complexity index is 519. The molecular formula is C12H17N5O. The summed E-state index contributed by atoms with van der Waals surface area (Å²) in [4.78, 5) is 2.27. The highest BCUT2D eigenvalue weighted by molar-refractivity contribution is 5.51. The van der Waals surface area contributed by atoms with Crippen LogP contribution in [0.15, 0.2) is 22.8 Å². The number of hydrogen-bond donors (Lipinski definition) is 1. The first kappa shape index (κ1) is 11.3. The summed E-state index contributed by atoms with van der Waals surface area (Å²) in [5.74, 6) is 2.41. The van der Waals surface area contributed by atoms with Crippen molar-refractivity contribution in [3.63, 3.8) is 0 Å². The van der Waals surface area contributed by atoms with E-state index in [1.165, 1.54) is 0 Å². The summed E-state index contributed by atoms with van der Waals surface area (Å²) in [6.07, 6.45) is 1.65. The molecule has 96 valence electrons. The Morgan fingerprint density at radius 3 is 3.06 bits per heavy atom. The van der Waals surface area contributed by atoms with Crippen molar-refractivity contribution in [2.75, 3.05) is 24.5 Å². The maximum Gasteiger partial charge on any atom is 0.227 e. The third kappa shape index (κ3) is 1.78. The zero-order valence-corrected chi connectivity index (χ0v) is 10.6. The van der Waals surface area contributed by atoms with Crippen LogP contribution in [0.3, 0.4) is 0 Å². The molecule has 0 radical (unpaired) electrons. The van der Waals surface area contributed by atoms with E-state index in [0.29, 0.717) is 6.04 Å². The molecule has 6 heteroatoms. The monoisotopic (exact) mass is 247 g/mol. The molecule has 1 fully saturated rings. The number of piperazine rings is 1. The van der Waals surface area contributed by atoms with Crippen LogP contribution in [0.4, 0.5) is 5.95 Å². The van der Waals surface area contributed by atoms with Crippen LogP contribution in [0.2, 0.25) is 0 Å². The number of furan rings is 1. The highest BCUT2D eigenvalue weighted by atomic mass is 16.3. The largest absolute Gasteiger partial charge is 0.461 e. The Kier molecular flexibility index (Phi) is 2.79. The molecular weight excluding hydrogens is 230 g/mol. The lowest BCUT2D eigenvalue weighted by Gasteiger charge is -2.34. The summed E-state index contributed by atoms with van der Waals surface area (Å²) in [7, 11) is 1.97. The topological polar surface area (TPSA) is 59.1 Å². The van der Waals surface area contributed by atoms with Crippen molar-refractivity contribution in [2.24, 2.45) is 7.05 Å². The lowest BCUT2D eigenvalue weighted by Crippen LogP contribution is -2.50. The lowest BCUT2D eigenvalue weighted by molar-refractivity contribution is 0.488. The number of aromatic nitrogens is 3. The van der Waals surface area contributed by atoms with Gasteiger partial charge in [0.2, 0.25) is 11.8 Å². The van der Waals surface area contributed by atoms with Gasteiger partial charge in [-0.1, -0.05) is 0 Å². The quantitative estimate of drug-likeness (QED) is 0.853. The van der Waals surface area contributed by atoms with Crippen molar-refractivity contribution in [3.05, 3.63) is 18.4 Å². The second kappa shape index (κ2) is 4.45. The smallest absolute Gasteiger partial charge is 0.227 e. The molecule has 2 aromatic heterocycles. The Morgan fingerprint density at radius 1 is 1.44 bits per heavy atom. The van der Waals surface area contributed by atoms with Gasteiger partial charge >= 0.3 is 0 Å². The van der Waals surface area contributed by atoms with E-state index < -0.39 is 0 Å². The van der Waals surface area contributed by atoms with Crippen LogP contribution in [-0.4, -0.2) is 40.4 Å². The van der Waals surface area contributed by atoms with Gasteiger partial charge in [0.25, 0.3) is 0 Å². The SMILES string of the molecule is CC1CNCCN1c1nnc(-c2ccco2)n1C. The molecule has 18 heavy (non-hydrogen) atoms. The molecule has 0 spiro atoms. The van der Waals surface area contributed by atoms with E-state index in [-0.39, 0.29) is 0 Å². The molecule has 1 saturated heterocycles. The van der Waals surface area contributed by atoms with Gasteiger partial charge in [0.05, 0.1) is 6.26 Å². The first-order chi connectivity index (χ1) is 8.77. The molecule has 6 nitrogen and oxygen atoms in total. The van der Waals surface area contributed by atoms with Crippen LogP contribution in [0.1, 0.15) is 6.92 Å². The molecule has 1 aliphatic rings. The minimum atomic E-state index is 0.422. The molecule has 1 N–H and O–H groups in total. The molecule has 0 saturated carbocycles. The highest BCUT2D eigenvalue weighted by Gasteiger charge is 2.24. The second-order valence-corrected chi connectivity index (χ2v) is 4.61. The predicted octanol–water partition coefficient (Wildman–Crippen LogP) is 0.873. The van der Waals surface area contributed by atoms with Crippen LogP contribution in [0.25, 0.3) is 11.6 Å². The van der Waals surface area contributed by atoms with Gasteiger partial charge in [-0.3, -0.25) is 4.57 Å². The van der Waals surface area contributed by atoms with E-state index >= 15 is 0 Å². The third-order valence-corrected chi connectivity index (χ3v) is 3.35. The summed E-state index contributed by atoms with van der Waals surface area (Å²) in [6.45, 7) is 5.09. The maximum absolute atomic E-state index is 5.37. The fourth-order valence-corrected chi connectivity index (χ4v) is 2.33. The molecule has 1 unspecified atom stereocenters. The average molecular weight is 247 g/mol. The minimum Gasteiger partial charge on any atom is -0.461 e. The van der Waals surface area contributed by atoms with E-state index in [9.17, 15) is 0 Å². The lowest BCUT2D eigenvalue weighted by atomic mass is 10.2. The van der Waals surface area contributed by atoms with E-state index in [4.69, 9.17) is 4.42 Å². The van der Waals surface area contributed by atoms with Gasteiger partial charge < -0.3 is 14.6 Å². The van der Waals surface area contributed by atoms with Gasteiger partial charge in [-0.25, -0.2) is 0 Å². The summed E-state index contributed by atoms with van der Waals surface area (Å²) in [6, 6.07) is 4.18. The molecule has 2 aromatic rings. The molecule has 0 aromatic carbocycles. The molecule has 0 bridgehead atoms. The van der Waals surface area contributed by atoms with E-state index in [1.807, 2.05) is 23.7 Å². The van der Waals surface area contributed by atoms with Gasteiger partial charge in [0, 0.05) is 32.7 Å². The Hall–Kier alpha value is -1.82. The predicted molar refractivity (Wildman–Crippen MR) is 68.4 cm³/mol. The summed E-state index contributed by atoms with van der Waals surface area (Å²) >= 11 is 0. The van der Waals surface area contributed by atoms with E-state index in [2.05, 4.69) is 27.3 Å². The number of rotatable bonds is 2. The first-order valence-electron chi connectivity index (χ1n) is 6.18. The van der Waals surface area contributed by atoms with Gasteiger partial charge in [-0.2, -0.15) is 0 Å². The maximum atomic E-state index is 5.37. The number of hydrogen-bond acceptors (Lipinski definition) is 5. The van der Waals surface area contributed by atoms with Crippen molar-refractivity contribution in [1.29, 1.82) is 0 Å². The fraction of sp³-hybridized carbons (Fsp3) is 0.500. The fourth-order valence-electron chi connectivity index (χ4n) is 2.33. The van der Waals surface area contributed by atoms with Crippen LogP contribution >= 0.6 is 0 Å². The molecule has 1 aliphatic heterocycles. The van der Waals surface area contributed by atoms with Crippen molar-refractivity contribution in [2.45, 2.75) is 13.0 Å². The van der Waals surface area contributed by atoms with Gasteiger partial charge in [-0.05, 0) is 19.1 Å². The van der Waals surface area contributed by atoms with E-state index in [0.717, 1.165) is 37.2 Å². The summed E-state index contributed by atoms with van der Waals surface area (Å²) < 4.78 is 7.36. The molecule has 3 heterocycles. The van der Waals surface area contributed by atoms with Crippen LogP contribution in [0, 0.1) is 0 Å². The van der Waals surface area contributed by atoms with Gasteiger partial charge in [0.15, 0.2) is 5.76 Å². The third-order valence-electron chi connectivity index (χ3n) is 3.35. The van der Waals surface area contributed by atoms with E-state index in [1.54, 1.807) is 6.26 Å². The standard InChI is InChI=1S/C12H17N5O/c1-9-8-13-5-6-17(9)12-15-14-11(16(12)2)10-4-3-7-18-10/h3-4,7,9,13H,5-6,8H2,1-2H3. The molecule has 3 rings (SSSR count). The minimum absolute atomic E-state index is 0.422.